The van der Waals surface area contributed by atoms with E-state index in [0.29, 0.717) is 22.9 Å². The van der Waals surface area contributed by atoms with E-state index in [2.05, 4.69) is 21.6 Å². The first-order valence-electron chi connectivity index (χ1n) is 10.6. The molecule has 2 aromatic heterocycles. The minimum atomic E-state index is -0.464. The van der Waals surface area contributed by atoms with E-state index in [-0.39, 0.29) is 18.1 Å². The van der Waals surface area contributed by atoms with Crippen LogP contribution in [0.5, 0.6) is 5.75 Å². The molecular formula is C25H25ClN4O3. The lowest BCUT2D eigenvalue weighted by Gasteiger charge is -2.11. The van der Waals surface area contributed by atoms with E-state index in [1.54, 1.807) is 17.8 Å². The molecular weight excluding hydrogens is 440 g/mol. The fourth-order valence-electron chi connectivity index (χ4n) is 3.50. The molecule has 7 nitrogen and oxygen atoms in total. The molecule has 0 saturated heterocycles. The largest absolute Gasteiger partial charge is 0.488 e. The zero-order valence-electron chi connectivity index (χ0n) is 19.0. The summed E-state index contributed by atoms with van der Waals surface area (Å²) < 4.78 is 12.9. The smallest absolute Gasteiger partial charge is 0.279 e. The van der Waals surface area contributed by atoms with E-state index in [1.165, 1.54) is 0 Å². The molecule has 0 aliphatic heterocycles. The first-order valence-corrected chi connectivity index (χ1v) is 10.9. The second-order valence-electron chi connectivity index (χ2n) is 8.02. The summed E-state index contributed by atoms with van der Waals surface area (Å²) in [5.74, 6) is 1.06. The third-order valence-electron chi connectivity index (χ3n) is 5.50. The predicted octanol–water partition coefficient (Wildman–Crippen LogP) is 5.64. The van der Waals surface area contributed by atoms with E-state index in [4.69, 9.17) is 20.9 Å². The van der Waals surface area contributed by atoms with Crippen LogP contribution in [0.25, 0.3) is 0 Å². The van der Waals surface area contributed by atoms with Crippen molar-refractivity contribution >= 4 is 23.3 Å². The Labute approximate surface area is 197 Å². The SMILES string of the molecule is Cc1cccc(Cn2cc(Cl)c(NC(=O)c3noc(C)c3COc3cccc(C)c3C)n2)c1. The van der Waals surface area contributed by atoms with Gasteiger partial charge in [-0.15, -0.1) is 0 Å². The van der Waals surface area contributed by atoms with Gasteiger partial charge < -0.3 is 14.6 Å². The highest BCUT2D eigenvalue weighted by Gasteiger charge is 2.22. The average Bonchev–Trinajstić information content (AvgIpc) is 3.31. The topological polar surface area (TPSA) is 82.2 Å². The number of anilines is 1. The molecule has 0 aliphatic carbocycles. The van der Waals surface area contributed by atoms with E-state index in [9.17, 15) is 4.79 Å². The van der Waals surface area contributed by atoms with Gasteiger partial charge in [0.25, 0.3) is 5.91 Å². The van der Waals surface area contributed by atoms with Gasteiger partial charge in [-0.1, -0.05) is 58.7 Å². The summed E-state index contributed by atoms with van der Waals surface area (Å²) in [6, 6.07) is 14.0. The number of hydrogen-bond donors (Lipinski definition) is 1. The van der Waals surface area contributed by atoms with Crippen LogP contribution in [0.4, 0.5) is 5.82 Å². The number of carbonyl (C=O) groups excluding carboxylic acids is 1. The molecule has 8 heteroatoms. The van der Waals surface area contributed by atoms with Crippen molar-refractivity contribution in [1.29, 1.82) is 0 Å². The molecule has 1 N–H and O–H groups in total. The molecule has 0 fully saturated rings. The lowest BCUT2D eigenvalue weighted by atomic mass is 10.1. The third kappa shape index (κ3) is 5.09. The molecule has 170 valence electrons. The van der Waals surface area contributed by atoms with Gasteiger partial charge in [0.2, 0.25) is 0 Å². The van der Waals surface area contributed by atoms with E-state index in [0.717, 1.165) is 28.0 Å². The highest BCUT2D eigenvalue weighted by atomic mass is 35.5. The molecule has 0 unspecified atom stereocenters. The molecule has 0 bridgehead atoms. The molecule has 4 rings (SSSR count). The number of amides is 1. The monoisotopic (exact) mass is 464 g/mol. The first kappa shape index (κ1) is 22.6. The predicted molar refractivity (Wildman–Crippen MR) is 127 cm³/mol. The summed E-state index contributed by atoms with van der Waals surface area (Å²) in [5.41, 5.74) is 5.14. The van der Waals surface area contributed by atoms with Gasteiger partial charge in [-0.05, 0) is 50.5 Å². The van der Waals surface area contributed by atoms with Crippen LogP contribution in [0.15, 0.2) is 53.2 Å². The van der Waals surface area contributed by atoms with Crippen molar-refractivity contribution in [3.05, 3.63) is 93.0 Å². The van der Waals surface area contributed by atoms with Crippen molar-refractivity contribution in [1.82, 2.24) is 14.9 Å². The maximum atomic E-state index is 12.9. The number of nitrogens with one attached hydrogen (secondary N) is 1. The minimum Gasteiger partial charge on any atom is -0.488 e. The Morgan fingerprint density at radius 2 is 1.94 bits per heavy atom. The van der Waals surface area contributed by atoms with Crippen LogP contribution in [0.1, 0.15) is 44.1 Å². The molecule has 33 heavy (non-hydrogen) atoms. The minimum absolute atomic E-state index is 0.141. The van der Waals surface area contributed by atoms with Gasteiger partial charge in [0.05, 0.1) is 12.1 Å². The van der Waals surface area contributed by atoms with Crippen LogP contribution in [0.3, 0.4) is 0 Å². The molecule has 4 aromatic rings. The van der Waals surface area contributed by atoms with Crippen LogP contribution < -0.4 is 10.1 Å². The van der Waals surface area contributed by atoms with Crippen LogP contribution in [0.2, 0.25) is 5.02 Å². The Morgan fingerprint density at radius 1 is 1.15 bits per heavy atom. The summed E-state index contributed by atoms with van der Waals surface area (Å²) in [4.78, 5) is 12.9. The van der Waals surface area contributed by atoms with Gasteiger partial charge in [0, 0.05) is 6.20 Å². The Balaban J connectivity index is 1.48. The standard InChI is InChI=1S/C25H25ClN4O3/c1-15-7-5-9-19(11-15)12-30-13-21(26)24(28-30)27-25(31)23-20(18(4)33-29-23)14-32-22-10-6-8-16(2)17(22)3/h5-11,13H,12,14H2,1-4H3,(H,27,28,31). The average molecular weight is 465 g/mol. The van der Waals surface area contributed by atoms with Gasteiger partial charge in [-0.3, -0.25) is 9.48 Å². The van der Waals surface area contributed by atoms with Crippen molar-refractivity contribution in [2.75, 3.05) is 5.32 Å². The lowest BCUT2D eigenvalue weighted by molar-refractivity contribution is 0.101. The summed E-state index contributed by atoms with van der Waals surface area (Å²) in [6.45, 7) is 8.48. The Hall–Kier alpha value is -3.58. The zero-order chi connectivity index (χ0) is 23.5. The van der Waals surface area contributed by atoms with Crippen LogP contribution >= 0.6 is 11.6 Å². The third-order valence-corrected chi connectivity index (χ3v) is 5.78. The van der Waals surface area contributed by atoms with Gasteiger partial charge in [-0.2, -0.15) is 5.10 Å². The van der Waals surface area contributed by atoms with Crippen molar-refractivity contribution < 1.29 is 14.1 Å². The van der Waals surface area contributed by atoms with Gasteiger partial charge in [-0.25, -0.2) is 0 Å². The fourth-order valence-corrected chi connectivity index (χ4v) is 3.69. The van der Waals surface area contributed by atoms with E-state index < -0.39 is 5.91 Å². The van der Waals surface area contributed by atoms with Crippen molar-refractivity contribution in [2.45, 2.75) is 40.8 Å². The van der Waals surface area contributed by atoms with Crippen LogP contribution in [-0.4, -0.2) is 20.8 Å². The second kappa shape index (κ2) is 9.50. The quantitative estimate of drug-likeness (QED) is 0.383. The Morgan fingerprint density at radius 3 is 2.73 bits per heavy atom. The molecule has 0 atom stereocenters. The maximum absolute atomic E-state index is 12.9. The number of ether oxygens (including phenoxy) is 1. The summed E-state index contributed by atoms with van der Waals surface area (Å²) >= 11 is 6.33. The molecule has 0 aliphatic rings. The second-order valence-corrected chi connectivity index (χ2v) is 8.43. The van der Waals surface area contributed by atoms with Crippen molar-refractivity contribution in [2.24, 2.45) is 0 Å². The molecule has 0 spiro atoms. The summed E-state index contributed by atoms with van der Waals surface area (Å²) in [6.07, 6.45) is 1.68. The van der Waals surface area contributed by atoms with E-state index in [1.807, 2.05) is 57.2 Å². The number of nitrogens with zero attached hydrogens (tertiary/aromatic N) is 3. The summed E-state index contributed by atoms with van der Waals surface area (Å²) in [5, 5.41) is 11.4. The number of halogens is 1. The van der Waals surface area contributed by atoms with Gasteiger partial charge in [0.1, 0.15) is 23.1 Å². The number of carbonyl (C=O) groups is 1. The van der Waals surface area contributed by atoms with Gasteiger partial charge in [0.15, 0.2) is 11.5 Å². The molecule has 0 radical (unpaired) electrons. The van der Waals surface area contributed by atoms with Crippen molar-refractivity contribution in [3.63, 3.8) is 0 Å². The van der Waals surface area contributed by atoms with Crippen LogP contribution in [0, 0.1) is 27.7 Å². The Bertz CT molecular complexity index is 1310. The summed E-state index contributed by atoms with van der Waals surface area (Å²) in [7, 11) is 0. The molecule has 1 amide bonds. The van der Waals surface area contributed by atoms with Crippen LogP contribution in [-0.2, 0) is 13.2 Å². The first-order chi connectivity index (χ1) is 15.8. The zero-order valence-corrected chi connectivity index (χ0v) is 19.7. The number of rotatable bonds is 7. The molecule has 2 heterocycles. The van der Waals surface area contributed by atoms with E-state index >= 15 is 0 Å². The number of aromatic nitrogens is 3. The van der Waals surface area contributed by atoms with Gasteiger partial charge >= 0.3 is 0 Å². The highest BCUT2D eigenvalue weighted by molar-refractivity contribution is 6.33. The van der Waals surface area contributed by atoms with Crippen molar-refractivity contribution in [3.8, 4) is 5.75 Å². The molecule has 2 aromatic carbocycles. The number of benzene rings is 2. The maximum Gasteiger partial charge on any atom is 0.279 e. The normalized spacial score (nSPS) is 10.9. The fraction of sp³-hybridized carbons (Fsp3) is 0.240. The lowest BCUT2D eigenvalue weighted by Crippen LogP contribution is -2.16. The Kier molecular flexibility index (Phi) is 6.51. The highest BCUT2D eigenvalue weighted by Crippen LogP contribution is 2.25. The molecule has 0 saturated carbocycles. The number of aryl methyl sites for hydroxylation is 3. The number of hydrogen-bond acceptors (Lipinski definition) is 5.